The fourth-order valence-corrected chi connectivity index (χ4v) is 3.38. The van der Waals surface area contributed by atoms with Crippen molar-refractivity contribution < 1.29 is 22.5 Å². The van der Waals surface area contributed by atoms with Gasteiger partial charge in [-0.2, -0.15) is 18.2 Å². The van der Waals surface area contributed by atoms with Gasteiger partial charge in [-0.15, -0.1) is 0 Å². The molecule has 0 radical (unpaired) electrons. The Morgan fingerprint density at radius 2 is 2.03 bits per heavy atom. The summed E-state index contributed by atoms with van der Waals surface area (Å²) in [6, 6.07) is 9.43. The maximum absolute atomic E-state index is 13.0. The minimum atomic E-state index is -4.39. The quantitative estimate of drug-likeness (QED) is 0.458. The second-order valence-corrected chi connectivity index (χ2v) is 7.81. The Hall–Kier alpha value is -3.73. The van der Waals surface area contributed by atoms with E-state index in [9.17, 15) is 18.0 Å². The summed E-state index contributed by atoms with van der Waals surface area (Å²) in [6.45, 7) is 1.82. The molecule has 1 unspecified atom stereocenters. The molecule has 0 bridgehead atoms. The Morgan fingerprint density at radius 1 is 1.24 bits per heavy atom. The normalized spacial score (nSPS) is 12.9. The number of hydrogen-bond acceptors (Lipinski definition) is 6. The van der Waals surface area contributed by atoms with Gasteiger partial charge in [-0.1, -0.05) is 23.4 Å². The van der Waals surface area contributed by atoms with Crippen molar-refractivity contribution in [2.75, 3.05) is 19.4 Å². The maximum atomic E-state index is 13.0. The molecule has 0 aliphatic heterocycles. The zero-order chi connectivity index (χ0) is 23.8. The summed E-state index contributed by atoms with van der Waals surface area (Å²) >= 11 is 0. The number of pyridine rings is 1. The van der Waals surface area contributed by atoms with Gasteiger partial charge >= 0.3 is 6.18 Å². The van der Waals surface area contributed by atoms with Crippen LogP contribution in [0.1, 0.15) is 34.4 Å². The topological polar surface area (TPSA) is 88.6 Å². The lowest BCUT2D eigenvalue weighted by Crippen LogP contribution is -2.26. The molecule has 4 rings (SSSR count). The first-order valence-corrected chi connectivity index (χ1v) is 10.0. The average molecular weight is 458 g/mol. The molecule has 1 N–H and O–H groups in total. The van der Waals surface area contributed by atoms with Gasteiger partial charge in [0.05, 0.1) is 18.7 Å². The van der Waals surface area contributed by atoms with E-state index in [-0.39, 0.29) is 17.6 Å². The second-order valence-electron chi connectivity index (χ2n) is 7.81. The van der Waals surface area contributed by atoms with E-state index in [1.54, 1.807) is 40.9 Å². The molecule has 4 aromatic rings. The molecule has 33 heavy (non-hydrogen) atoms. The number of benzene rings is 1. The first-order chi connectivity index (χ1) is 15.6. The highest BCUT2D eigenvalue weighted by atomic mass is 19.4. The summed E-state index contributed by atoms with van der Waals surface area (Å²) in [4.78, 5) is 22.6. The molecule has 0 saturated heterocycles. The fourth-order valence-electron chi connectivity index (χ4n) is 3.38. The number of fused-ring (bicyclic) bond motifs is 1. The number of nitrogens with zero attached hydrogens (tertiary/aromatic N) is 5. The summed E-state index contributed by atoms with van der Waals surface area (Å²) in [5.41, 5.74) is 2.79. The molecule has 0 aliphatic rings. The van der Waals surface area contributed by atoms with Gasteiger partial charge in [0.2, 0.25) is 11.7 Å². The highest BCUT2D eigenvalue weighted by Gasteiger charge is 2.36. The molecule has 1 atom stereocenters. The van der Waals surface area contributed by atoms with Gasteiger partial charge in [0, 0.05) is 17.4 Å². The molecule has 1 amide bonds. The number of hydrogen-bond donors (Lipinski definition) is 1. The molecular formula is C22H21F3N6O2. The Morgan fingerprint density at radius 3 is 2.76 bits per heavy atom. The molecule has 8 nitrogen and oxygen atoms in total. The third kappa shape index (κ3) is 4.87. The number of nitrogens with one attached hydrogen (secondary N) is 1. The summed E-state index contributed by atoms with van der Waals surface area (Å²) in [5.74, 6) is -0.367. The summed E-state index contributed by atoms with van der Waals surface area (Å²) in [6.07, 6.45) is -2.28. The van der Waals surface area contributed by atoms with Crippen LogP contribution in [0, 0.1) is 6.92 Å². The number of carbonyl (C=O) groups is 1. The van der Waals surface area contributed by atoms with E-state index in [1.165, 1.54) is 25.2 Å². The van der Waals surface area contributed by atoms with Crippen LogP contribution in [0.25, 0.3) is 17.0 Å². The molecule has 0 aliphatic carbocycles. The second kappa shape index (κ2) is 8.66. The van der Waals surface area contributed by atoms with Crippen LogP contribution in [0.4, 0.5) is 18.9 Å². The molecule has 3 heterocycles. The number of anilines is 1. The van der Waals surface area contributed by atoms with Crippen LogP contribution in [-0.2, 0) is 0 Å². The van der Waals surface area contributed by atoms with E-state index < -0.39 is 18.6 Å². The van der Waals surface area contributed by atoms with E-state index in [4.69, 9.17) is 4.52 Å². The molecule has 0 fully saturated rings. The molecule has 0 spiro atoms. The first kappa shape index (κ1) is 22.5. The van der Waals surface area contributed by atoms with Crippen LogP contribution >= 0.6 is 0 Å². The molecular weight excluding hydrogens is 437 g/mol. The predicted octanol–water partition coefficient (Wildman–Crippen LogP) is 4.50. The Bertz CT molecular complexity index is 1290. The number of alkyl halides is 3. The van der Waals surface area contributed by atoms with Crippen molar-refractivity contribution in [1.29, 1.82) is 0 Å². The van der Waals surface area contributed by atoms with Crippen molar-refractivity contribution in [1.82, 2.24) is 24.4 Å². The molecule has 172 valence electrons. The lowest BCUT2D eigenvalue weighted by atomic mass is 10.1. The monoisotopic (exact) mass is 458 g/mol. The fraction of sp³-hybridized carbons (Fsp3) is 0.273. The number of aromatic nitrogens is 4. The van der Waals surface area contributed by atoms with Crippen LogP contribution in [0.5, 0.6) is 0 Å². The number of halogens is 3. The van der Waals surface area contributed by atoms with E-state index in [1.807, 2.05) is 13.0 Å². The van der Waals surface area contributed by atoms with E-state index in [0.29, 0.717) is 22.6 Å². The van der Waals surface area contributed by atoms with Crippen molar-refractivity contribution in [3.63, 3.8) is 0 Å². The smallest absolute Gasteiger partial charge is 0.337 e. The minimum absolute atomic E-state index is 0.129. The van der Waals surface area contributed by atoms with Crippen molar-refractivity contribution >= 4 is 17.2 Å². The van der Waals surface area contributed by atoms with Crippen molar-refractivity contribution in [2.24, 2.45) is 0 Å². The Kier molecular flexibility index (Phi) is 5.90. The van der Waals surface area contributed by atoms with E-state index in [0.717, 1.165) is 5.56 Å². The summed E-state index contributed by atoms with van der Waals surface area (Å²) in [5, 5.41) is 6.70. The third-order valence-corrected chi connectivity index (χ3v) is 5.17. The van der Waals surface area contributed by atoms with Gasteiger partial charge < -0.3 is 9.84 Å². The van der Waals surface area contributed by atoms with Gasteiger partial charge in [-0.3, -0.25) is 14.1 Å². The molecule has 11 heteroatoms. The van der Waals surface area contributed by atoms with Crippen molar-refractivity contribution in [2.45, 2.75) is 25.6 Å². The van der Waals surface area contributed by atoms with Crippen LogP contribution in [0.2, 0.25) is 0 Å². The third-order valence-electron chi connectivity index (χ3n) is 5.17. The number of aryl methyl sites for hydroxylation is 1. The molecule has 1 aromatic carbocycles. The first-order valence-electron chi connectivity index (χ1n) is 10.0. The zero-order valence-electron chi connectivity index (χ0n) is 18.1. The van der Waals surface area contributed by atoms with Gasteiger partial charge in [0.1, 0.15) is 11.3 Å². The lowest BCUT2D eigenvalue weighted by molar-refractivity contribution is -0.148. The highest BCUT2D eigenvalue weighted by molar-refractivity contribution is 6.04. The standard InChI is InChI=1S/C22H21F3N6O2/c1-13-7-8-14(19-28-21(33-29-19)16(30(2)3)11-22(23,24)25)10-15(13)27-20(32)17-12-26-18-6-4-5-9-31(17)18/h4-10,12,16H,11H2,1-3H3,(H,27,32). The Balaban J connectivity index is 1.59. The maximum Gasteiger partial charge on any atom is 0.391 e. The number of carbonyl (C=O) groups excluding carboxylic acids is 1. The zero-order valence-corrected chi connectivity index (χ0v) is 18.1. The number of rotatable bonds is 6. The number of imidazole rings is 1. The average Bonchev–Trinajstić information content (AvgIpc) is 3.40. The van der Waals surface area contributed by atoms with Crippen LogP contribution in [0.3, 0.4) is 0 Å². The number of amides is 1. The van der Waals surface area contributed by atoms with Crippen LogP contribution in [0.15, 0.2) is 53.3 Å². The van der Waals surface area contributed by atoms with Crippen molar-refractivity contribution in [3.05, 3.63) is 65.9 Å². The summed E-state index contributed by atoms with van der Waals surface area (Å²) < 4.78 is 45.7. The van der Waals surface area contributed by atoms with E-state index in [2.05, 4.69) is 20.4 Å². The molecule has 0 saturated carbocycles. The van der Waals surface area contributed by atoms with Crippen LogP contribution in [-0.4, -0.2) is 50.6 Å². The predicted molar refractivity (Wildman–Crippen MR) is 115 cm³/mol. The molecule has 3 aromatic heterocycles. The van der Waals surface area contributed by atoms with Gasteiger partial charge in [-0.05, 0) is 44.8 Å². The SMILES string of the molecule is Cc1ccc(-c2noc(C(CC(F)(F)F)N(C)C)n2)cc1NC(=O)c1cnc2ccccn12. The minimum Gasteiger partial charge on any atom is -0.337 e. The van der Waals surface area contributed by atoms with Crippen LogP contribution < -0.4 is 5.32 Å². The van der Waals surface area contributed by atoms with Crippen molar-refractivity contribution in [3.8, 4) is 11.4 Å². The van der Waals surface area contributed by atoms with E-state index >= 15 is 0 Å². The summed E-state index contributed by atoms with van der Waals surface area (Å²) in [7, 11) is 3.03. The lowest BCUT2D eigenvalue weighted by Gasteiger charge is -2.21. The van der Waals surface area contributed by atoms with Gasteiger partial charge in [-0.25, -0.2) is 4.98 Å². The highest BCUT2D eigenvalue weighted by Crippen LogP contribution is 2.33. The van der Waals surface area contributed by atoms with Gasteiger partial charge in [0.25, 0.3) is 5.91 Å². The largest absolute Gasteiger partial charge is 0.391 e. The van der Waals surface area contributed by atoms with Gasteiger partial charge in [0.15, 0.2) is 0 Å². The Labute approximate surface area is 187 Å².